The molecule has 0 saturated carbocycles. The van der Waals surface area contributed by atoms with E-state index in [4.69, 9.17) is 0 Å². The number of carbonyl (C=O) groups is 1. The highest BCUT2D eigenvalue weighted by Crippen LogP contribution is 2.29. The summed E-state index contributed by atoms with van der Waals surface area (Å²) in [4.78, 5) is 12.5. The first kappa shape index (κ1) is 14.1. The van der Waals surface area contributed by atoms with Gasteiger partial charge in [-0.1, -0.05) is 17.7 Å². The van der Waals surface area contributed by atoms with Gasteiger partial charge in [-0.3, -0.25) is 4.79 Å². The van der Waals surface area contributed by atoms with Gasteiger partial charge < -0.3 is 10.6 Å². The van der Waals surface area contributed by atoms with Crippen LogP contribution < -0.4 is 10.6 Å². The van der Waals surface area contributed by atoms with E-state index in [-0.39, 0.29) is 11.3 Å². The van der Waals surface area contributed by atoms with Crippen molar-refractivity contribution in [2.75, 3.05) is 18.4 Å². The number of piperidine rings is 1. The molecule has 19 heavy (non-hydrogen) atoms. The third kappa shape index (κ3) is 2.98. The summed E-state index contributed by atoms with van der Waals surface area (Å²) < 4.78 is 0. The molecular weight excluding hydrogens is 236 g/mol. The highest BCUT2D eigenvalue weighted by atomic mass is 16.2. The van der Waals surface area contributed by atoms with Gasteiger partial charge in [-0.25, -0.2) is 0 Å². The Morgan fingerprint density at radius 3 is 2.42 bits per heavy atom. The zero-order valence-corrected chi connectivity index (χ0v) is 12.4. The zero-order valence-electron chi connectivity index (χ0n) is 12.4. The molecule has 1 aromatic carbocycles. The maximum atomic E-state index is 12.5. The van der Waals surface area contributed by atoms with Gasteiger partial charge in [-0.15, -0.1) is 0 Å². The van der Waals surface area contributed by atoms with Crippen molar-refractivity contribution in [3.63, 3.8) is 0 Å². The Bertz CT molecular complexity index is 465. The minimum absolute atomic E-state index is 0.134. The predicted octanol–water partition coefficient (Wildman–Crippen LogP) is 2.94. The van der Waals surface area contributed by atoms with Crippen LogP contribution in [0.3, 0.4) is 0 Å². The van der Waals surface area contributed by atoms with Gasteiger partial charge in [0.15, 0.2) is 0 Å². The van der Waals surface area contributed by atoms with Crippen LogP contribution in [0.4, 0.5) is 5.69 Å². The van der Waals surface area contributed by atoms with Crippen molar-refractivity contribution in [2.24, 2.45) is 5.41 Å². The summed E-state index contributed by atoms with van der Waals surface area (Å²) in [6, 6.07) is 4.23. The lowest BCUT2D eigenvalue weighted by Crippen LogP contribution is -2.46. The molecule has 1 fully saturated rings. The quantitative estimate of drug-likeness (QED) is 0.858. The number of hydrogen-bond acceptors (Lipinski definition) is 2. The molecule has 1 aliphatic rings. The van der Waals surface area contributed by atoms with Gasteiger partial charge in [0.1, 0.15) is 0 Å². The molecule has 0 spiro atoms. The molecule has 1 amide bonds. The van der Waals surface area contributed by atoms with Crippen LogP contribution >= 0.6 is 0 Å². The van der Waals surface area contributed by atoms with E-state index >= 15 is 0 Å². The second kappa shape index (κ2) is 5.33. The van der Waals surface area contributed by atoms with E-state index in [1.54, 1.807) is 0 Å². The molecule has 0 radical (unpaired) electrons. The van der Waals surface area contributed by atoms with Gasteiger partial charge in [0.05, 0.1) is 5.41 Å². The smallest absolute Gasteiger partial charge is 0.231 e. The van der Waals surface area contributed by atoms with Gasteiger partial charge in [0, 0.05) is 12.2 Å². The fourth-order valence-corrected chi connectivity index (χ4v) is 2.89. The molecule has 3 heteroatoms. The predicted molar refractivity (Wildman–Crippen MR) is 79.5 cm³/mol. The average Bonchev–Trinajstić information content (AvgIpc) is 2.34. The molecule has 0 bridgehead atoms. The van der Waals surface area contributed by atoms with Crippen molar-refractivity contribution in [2.45, 2.75) is 40.5 Å². The largest absolute Gasteiger partial charge is 0.325 e. The fraction of sp³-hybridized carbons (Fsp3) is 0.562. The fourth-order valence-electron chi connectivity index (χ4n) is 2.89. The van der Waals surface area contributed by atoms with Crippen molar-refractivity contribution in [1.82, 2.24) is 5.32 Å². The van der Waals surface area contributed by atoms with Crippen molar-refractivity contribution >= 4 is 11.6 Å². The van der Waals surface area contributed by atoms with Crippen molar-refractivity contribution < 1.29 is 4.79 Å². The summed E-state index contributed by atoms with van der Waals surface area (Å²) in [5, 5.41) is 6.46. The molecule has 3 nitrogen and oxygen atoms in total. The second-order valence-corrected chi connectivity index (χ2v) is 6.07. The zero-order chi connectivity index (χ0) is 14.0. The van der Waals surface area contributed by atoms with E-state index in [1.165, 1.54) is 5.56 Å². The van der Waals surface area contributed by atoms with Gasteiger partial charge >= 0.3 is 0 Å². The Labute approximate surface area is 115 Å². The maximum Gasteiger partial charge on any atom is 0.231 e. The molecule has 2 N–H and O–H groups in total. The van der Waals surface area contributed by atoms with E-state index in [9.17, 15) is 4.79 Å². The van der Waals surface area contributed by atoms with E-state index in [0.29, 0.717) is 0 Å². The first-order chi connectivity index (χ1) is 8.92. The molecule has 1 aromatic rings. The normalized spacial score (nSPS) is 23.2. The lowest BCUT2D eigenvalue weighted by molar-refractivity contribution is -0.125. The van der Waals surface area contributed by atoms with E-state index in [0.717, 1.165) is 42.7 Å². The molecular formula is C16H24N2O. The third-order valence-electron chi connectivity index (χ3n) is 4.06. The number of amides is 1. The van der Waals surface area contributed by atoms with Crippen LogP contribution in [-0.2, 0) is 4.79 Å². The second-order valence-electron chi connectivity index (χ2n) is 6.07. The number of aryl methyl sites for hydroxylation is 3. The Morgan fingerprint density at radius 2 is 1.89 bits per heavy atom. The SMILES string of the molecule is Cc1cc(C)c(NC(=O)C2(C)CCCNC2)c(C)c1. The standard InChI is InChI=1S/C16H24N2O/c1-11-8-12(2)14(13(3)9-11)18-15(19)16(4)6-5-7-17-10-16/h8-9,17H,5-7,10H2,1-4H3,(H,18,19). The lowest BCUT2D eigenvalue weighted by atomic mass is 9.81. The summed E-state index contributed by atoms with van der Waals surface area (Å²) in [6.07, 6.45) is 2.02. The molecule has 1 atom stereocenters. The van der Waals surface area contributed by atoms with Crippen LogP contribution in [0.25, 0.3) is 0 Å². The highest BCUT2D eigenvalue weighted by Gasteiger charge is 2.34. The minimum Gasteiger partial charge on any atom is -0.325 e. The molecule has 1 saturated heterocycles. The topological polar surface area (TPSA) is 41.1 Å². The van der Waals surface area contributed by atoms with Gasteiger partial charge in [0.2, 0.25) is 5.91 Å². The Kier molecular flexibility index (Phi) is 3.95. The minimum atomic E-state index is -0.290. The van der Waals surface area contributed by atoms with Gasteiger partial charge in [-0.2, -0.15) is 0 Å². The van der Waals surface area contributed by atoms with Crippen molar-refractivity contribution in [1.29, 1.82) is 0 Å². The molecule has 2 rings (SSSR count). The Balaban J connectivity index is 2.19. The highest BCUT2D eigenvalue weighted by molar-refractivity contribution is 5.96. The number of anilines is 1. The van der Waals surface area contributed by atoms with Gasteiger partial charge in [-0.05, 0) is 58.2 Å². The third-order valence-corrected chi connectivity index (χ3v) is 4.06. The molecule has 104 valence electrons. The van der Waals surface area contributed by atoms with Crippen LogP contribution in [0.1, 0.15) is 36.5 Å². The molecule has 1 aliphatic heterocycles. The van der Waals surface area contributed by atoms with Crippen LogP contribution in [0.5, 0.6) is 0 Å². The lowest BCUT2D eigenvalue weighted by Gasteiger charge is -2.33. The summed E-state index contributed by atoms with van der Waals surface area (Å²) in [5.41, 5.74) is 4.19. The summed E-state index contributed by atoms with van der Waals surface area (Å²) in [6.45, 7) is 10.0. The van der Waals surface area contributed by atoms with E-state index < -0.39 is 0 Å². The summed E-state index contributed by atoms with van der Waals surface area (Å²) >= 11 is 0. The number of nitrogens with one attached hydrogen (secondary N) is 2. The van der Waals surface area contributed by atoms with Crippen LogP contribution in [0, 0.1) is 26.2 Å². The van der Waals surface area contributed by atoms with Crippen molar-refractivity contribution in [3.05, 3.63) is 28.8 Å². The first-order valence-electron chi connectivity index (χ1n) is 7.02. The van der Waals surface area contributed by atoms with Crippen LogP contribution in [-0.4, -0.2) is 19.0 Å². The number of carbonyl (C=O) groups excluding carboxylic acids is 1. The molecule has 0 aliphatic carbocycles. The summed E-state index contributed by atoms with van der Waals surface area (Å²) in [7, 11) is 0. The first-order valence-corrected chi connectivity index (χ1v) is 7.02. The Hall–Kier alpha value is -1.35. The van der Waals surface area contributed by atoms with Crippen LogP contribution in [0.2, 0.25) is 0 Å². The van der Waals surface area contributed by atoms with Crippen LogP contribution in [0.15, 0.2) is 12.1 Å². The monoisotopic (exact) mass is 260 g/mol. The van der Waals surface area contributed by atoms with Crippen molar-refractivity contribution in [3.8, 4) is 0 Å². The molecule has 0 aromatic heterocycles. The number of rotatable bonds is 2. The van der Waals surface area contributed by atoms with Gasteiger partial charge in [0.25, 0.3) is 0 Å². The Morgan fingerprint density at radius 1 is 1.26 bits per heavy atom. The maximum absolute atomic E-state index is 12.5. The average molecular weight is 260 g/mol. The number of benzene rings is 1. The van der Waals surface area contributed by atoms with E-state index in [2.05, 4.69) is 43.5 Å². The molecule has 1 unspecified atom stereocenters. The summed E-state index contributed by atoms with van der Waals surface area (Å²) in [5.74, 6) is 0.134. The number of hydrogen-bond donors (Lipinski definition) is 2. The molecule has 1 heterocycles. The van der Waals surface area contributed by atoms with E-state index in [1.807, 2.05) is 6.92 Å².